The second kappa shape index (κ2) is 6.08. The summed E-state index contributed by atoms with van der Waals surface area (Å²) >= 11 is 7.62. The first-order valence-corrected chi connectivity index (χ1v) is 10.2. The number of sulfonamides is 1. The van der Waals surface area contributed by atoms with E-state index in [0.717, 1.165) is 30.6 Å². The van der Waals surface area contributed by atoms with Gasteiger partial charge in [0.15, 0.2) is 0 Å². The Morgan fingerprint density at radius 3 is 2.52 bits per heavy atom. The van der Waals surface area contributed by atoms with Crippen LogP contribution in [0.1, 0.15) is 25.7 Å². The summed E-state index contributed by atoms with van der Waals surface area (Å²) in [6.45, 7) is 0. The summed E-state index contributed by atoms with van der Waals surface area (Å²) in [7, 11) is -3.50. The van der Waals surface area contributed by atoms with E-state index in [0.29, 0.717) is 17.1 Å². The fourth-order valence-electron chi connectivity index (χ4n) is 3.26. The van der Waals surface area contributed by atoms with Crippen molar-refractivity contribution in [3.05, 3.63) is 23.2 Å². The molecule has 3 rings (SSSR count). The molecule has 0 aromatic heterocycles. The van der Waals surface area contributed by atoms with Crippen molar-refractivity contribution in [2.45, 2.75) is 53.6 Å². The van der Waals surface area contributed by atoms with Gasteiger partial charge in [-0.1, -0.05) is 11.6 Å². The van der Waals surface area contributed by atoms with E-state index in [-0.39, 0.29) is 10.9 Å². The molecule has 116 valence electrons. The zero-order chi connectivity index (χ0) is 15.0. The molecule has 0 saturated carbocycles. The van der Waals surface area contributed by atoms with Crippen molar-refractivity contribution in [1.29, 1.82) is 0 Å². The molecule has 4 nitrogen and oxygen atoms in total. The smallest absolute Gasteiger partial charge is 0.240 e. The lowest BCUT2D eigenvalue weighted by atomic mass is 10.0. The molecule has 1 aromatic rings. The van der Waals surface area contributed by atoms with Crippen LogP contribution < -0.4 is 10.0 Å². The molecule has 2 aliphatic rings. The molecular weight excluding hydrogens is 328 g/mol. The van der Waals surface area contributed by atoms with Crippen molar-refractivity contribution in [3.8, 4) is 0 Å². The van der Waals surface area contributed by atoms with E-state index in [1.807, 2.05) is 6.26 Å². The van der Waals surface area contributed by atoms with Gasteiger partial charge in [-0.15, -0.1) is 11.8 Å². The van der Waals surface area contributed by atoms with Gasteiger partial charge in [-0.2, -0.15) is 0 Å². The van der Waals surface area contributed by atoms with Crippen LogP contribution in [0.5, 0.6) is 0 Å². The molecule has 0 amide bonds. The third-order valence-electron chi connectivity index (χ3n) is 4.23. The van der Waals surface area contributed by atoms with E-state index < -0.39 is 10.0 Å². The zero-order valence-electron chi connectivity index (χ0n) is 11.8. The van der Waals surface area contributed by atoms with Crippen LogP contribution in [0.25, 0.3) is 0 Å². The van der Waals surface area contributed by atoms with Gasteiger partial charge in [-0.3, -0.25) is 0 Å². The molecule has 2 fully saturated rings. The highest BCUT2D eigenvalue weighted by Gasteiger charge is 2.35. The van der Waals surface area contributed by atoms with Crippen molar-refractivity contribution >= 4 is 33.4 Å². The Hall–Kier alpha value is -0.270. The quantitative estimate of drug-likeness (QED) is 0.823. The standard InChI is InChI=1S/C14H19ClN2O2S2/c1-20-14-5-4-12(8-13(14)15)21(18,19)17-11-6-9-2-3-10(7-11)16-9/h4-5,8-11,16-17H,2-3,6-7H2,1H3. The van der Waals surface area contributed by atoms with Gasteiger partial charge in [0.2, 0.25) is 10.0 Å². The Kier molecular flexibility index (Phi) is 4.52. The van der Waals surface area contributed by atoms with E-state index in [2.05, 4.69) is 10.0 Å². The maximum Gasteiger partial charge on any atom is 0.240 e. The van der Waals surface area contributed by atoms with Crippen LogP contribution in [0.2, 0.25) is 5.02 Å². The number of halogens is 1. The van der Waals surface area contributed by atoms with Crippen LogP contribution in [-0.2, 0) is 10.0 Å². The second-order valence-electron chi connectivity index (χ2n) is 5.72. The highest BCUT2D eigenvalue weighted by atomic mass is 35.5. The lowest BCUT2D eigenvalue weighted by Crippen LogP contribution is -2.47. The fraction of sp³-hybridized carbons (Fsp3) is 0.571. The van der Waals surface area contributed by atoms with Crippen molar-refractivity contribution in [2.24, 2.45) is 0 Å². The summed E-state index contributed by atoms with van der Waals surface area (Å²) in [5.74, 6) is 0. The molecule has 2 atom stereocenters. The van der Waals surface area contributed by atoms with Crippen LogP contribution in [-0.4, -0.2) is 32.8 Å². The number of piperidine rings is 1. The maximum atomic E-state index is 12.5. The molecule has 2 heterocycles. The number of hydrogen-bond acceptors (Lipinski definition) is 4. The molecule has 0 spiro atoms. The molecule has 21 heavy (non-hydrogen) atoms. The number of nitrogens with one attached hydrogen (secondary N) is 2. The molecule has 2 N–H and O–H groups in total. The Bertz CT molecular complexity index is 624. The summed E-state index contributed by atoms with van der Waals surface area (Å²) in [5.41, 5.74) is 0. The summed E-state index contributed by atoms with van der Waals surface area (Å²) in [6, 6.07) is 5.85. The Balaban J connectivity index is 1.76. The number of rotatable bonds is 4. The van der Waals surface area contributed by atoms with E-state index in [1.54, 1.807) is 12.1 Å². The third kappa shape index (κ3) is 3.40. The molecule has 7 heteroatoms. The van der Waals surface area contributed by atoms with Crippen molar-refractivity contribution in [1.82, 2.24) is 10.0 Å². The topological polar surface area (TPSA) is 58.2 Å². The first-order valence-electron chi connectivity index (χ1n) is 7.10. The third-order valence-corrected chi connectivity index (χ3v) is 6.97. The lowest BCUT2D eigenvalue weighted by Gasteiger charge is -2.29. The van der Waals surface area contributed by atoms with Gasteiger partial charge < -0.3 is 5.32 Å². The normalized spacial score (nSPS) is 28.8. The molecule has 2 saturated heterocycles. The average molecular weight is 347 g/mol. The van der Waals surface area contributed by atoms with Crippen LogP contribution in [0.4, 0.5) is 0 Å². The first kappa shape index (κ1) is 15.6. The van der Waals surface area contributed by atoms with Gasteiger partial charge in [0.1, 0.15) is 0 Å². The summed E-state index contributed by atoms with van der Waals surface area (Å²) in [6.07, 6.45) is 5.95. The van der Waals surface area contributed by atoms with E-state index in [9.17, 15) is 8.42 Å². The van der Waals surface area contributed by atoms with E-state index >= 15 is 0 Å². The summed E-state index contributed by atoms with van der Waals surface area (Å²) in [5, 5.41) is 3.99. The van der Waals surface area contributed by atoms with Gasteiger partial charge in [-0.05, 0) is 50.1 Å². The Morgan fingerprint density at radius 2 is 1.95 bits per heavy atom. The highest BCUT2D eigenvalue weighted by Crippen LogP contribution is 2.30. The Labute approximate surface area is 135 Å². The monoisotopic (exact) mass is 346 g/mol. The van der Waals surface area contributed by atoms with E-state index in [4.69, 9.17) is 11.6 Å². The van der Waals surface area contributed by atoms with Crippen LogP contribution in [0.15, 0.2) is 28.0 Å². The maximum absolute atomic E-state index is 12.5. The van der Waals surface area contributed by atoms with Crippen LogP contribution in [0, 0.1) is 0 Å². The minimum Gasteiger partial charge on any atom is -0.311 e. The van der Waals surface area contributed by atoms with Crippen molar-refractivity contribution in [3.63, 3.8) is 0 Å². The molecule has 1 aromatic carbocycles. The van der Waals surface area contributed by atoms with Crippen LogP contribution in [0.3, 0.4) is 0 Å². The van der Waals surface area contributed by atoms with Gasteiger partial charge in [0, 0.05) is 23.0 Å². The SMILES string of the molecule is CSc1ccc(S(=O)(=O)NC2CC3CCC(C2)N3)cc1Cl. The van der Waals surface area contributed by atoms with Gasteiger partial charge in [-0.25, -0.2) is 13.1 Å². The second-order valence-corrected chi connectivity index (χ2v) is 8.69. The summed E-state index contributed by atoms with van der Waals surface area (Å²) in [4.78, 5) is 1.13. The Morgan fingerprint density at radius 1 is 1.29 bits per heavy atom. The predicted octanol–water partition coefficient (Wildman–Crippen LogP) is 2.62. The molecule has 0 aliphatic carbocycles. The van der Waals surface area contributed by atoms with Crippen molar-refractivity contribution in [2.75, 3.05) is 6.26 Å². The predicted molar refractivity (Wildman–Crippen MR) is 86.5 cm³/mol. The fourth-order valence-corrected chi connectivity index (χ4v) is 5.48. The average Bonchev–Trinajstić information content (AvgIpc) is 2.77. The number of benzene rings is 1. The number of thioether (sulfide) groups is 1. The van der Waals surface area contributed by atoms with Crippen LogP contribution >= 0.6 is 23.4 Å². The largest absolute Gasteiger partial charge is 0.311 e. The molecule has 2 unspecified atom stereocenters. The first-order chi connectivity index (χ1) is 9.98. The van der Waals surface area contributed by atoms with Gasteiger partial charge >= 0.3 is 0 Å². The number of fused-ring (bicyclic) bond motifs is 2. The lowest BCUT2D eigenvalue weighted by molar-refractivity contribution is 0.345. The molecule has 2 aliphatic heterocycles. The minimum absolute atomic E-state index is 0.0211. The van der Waals surface area contributed by atoms with Gasteiger partial charge in [0.05, 0.1) is 9.92 Å². The summed E-state index contributed by atoms with van der Waals surface area (Å²) < 4.78 is 27.8. The van der Waals surface area contributed by atoms with Crippen molar-refractivity contribution < 1.29 is 8.42 Å². The van der Waals surface area contributed by atoms with Gasteiger partial charge in [0.25, 0.3) is 0 Å². The van der Waals surface area contributed by atoms with E-state index in [1.165, 1.54) is 17.8 Å². The zero-order valence-corrected chi connectivity index (χ0v) is 14.2. The minimum atomic E-state index is -3.50. The molecule has 2 bridgehead atoms. The molecular formula is C14H19ClN2O2S2. The molecule has 0 radical (unpaired) electrons. The highest BCUT2D eigenvalue weighted by molar-refractivity contribution is 7.98. The number of hydrogen-bond donors (Lipinski definition) is 2.